The Balaban J connectivity index is 2.98. The Morgan fingerprint density at radius 3 is 1.93 bits per heavy atom. The molecule has 0 aromatic heterocycles. The summed E-state index contributed by atoms with van der Waals surface area (Å²) in [5, 5.41) is 0. The summed E-state index contributed by atoms with van der Waals surface area (Å²) >= 11 is 0. The van der Waals surface area contributed by atoms with Crippen LogP contribution in [0.15, 0.2) is 0 Å². The van der Waals surface area contributed by atoms with Crippen LogP contribution in [0, 0.1) is 0 Å². The van der Waals surface area contributed by atoms with E-state index >= 15 is 0 Å². The number of nitrogens with two attached hydrogens (primary N) is 1. The maximum atomic E-state index is 5.74. The van der Waals surface area contributed by atoms with Crippen molar-refractivity contribution in [3.05, 3.63) is 0 Å². The molecule has 1 atom stereocenters. The van der Waals surface area contributed by atoms with Crippen molar-refractivity contribution in [2.45, 2.75) is 77.9 Å². The molecule has 0 bridgehead atoms. The van der Waals surface area contributed by atoms with E-state index in [0.717, 1.165) is 13.0 Å². The normalized spacial score (nSPS) is 13.0. The van der Waals surface area contributed by atoms with Crippen LogP contribution in [-0.4, -0.2) is 12.8 Å². The molecule has 92 valence electrons. The minimum atomic E-state index is -0.0323. The van der Waals surface area contributed by atoms with E-state index in [1.807, 2.05) is 6.92 Å². The third-order valence-corrected chi connectivity index (χ3v) is 2.72. The van der Waals surface area contributed by atoms with Gasteiger partial charge in [-0.1, -0.05) is 51.9 Å². The third kappa shape index (κ3) is 11.8. The highest BCUT2D eigenvalue weighted by Gasteiger charge is 1.99. The van der Waals surface area contributed by atoms with Gasteiger partial charge < -0.3 is 10.5 Å². The van der Waals surface area contributed by atoms with Crippen LogP contribution in [-0.2, 0) is 4.74 Å². The molecule has 0 fully saturated rings. The van der Waals surface area contributed by atoms with E-state index in [9.17, 15) is 0 Å². The lowest BCUT2D eigenvalue weighted by Crippen LogP contribution is -2.23. The van der Waals surface area contributed by atoms with E-state index in [0.29, 0.717) is 0 Å². The molecule has 15 heavy (non-hydrogen) atoms. The first kappa shape index (κ1) is 14.9. The Kier molecular flexibility index (Phi) is 11.9. The van der Waals surface area contributed by atoms with Gasteiger partial charge >= 0.3 is 0 Å². The molecule has 0 saturated carbocycles. The highest BCUT2D eigenvalue weighted by atomic mass is 16.5. The summed E-state index contributed by atoms with van der Waals surface area (Å²) < 4.78 is 5.28. The number of rotatable bonds is 11. The van der Waals surface area contributed by atoms with Gasteiger partial charge in [0.05, 0.1) is 0 Å². The maximum absolute atomic E-state index is 5.74. The molecule has 2 heteroatoms. The third-order valence-electron chi connectivity index (χ3n) is 2.72. The van der Waals surface area contributed by atoms with Crippen LogP contribution in [0.3, 0.4) is 0 Å². The summed E-state index contributed by atoms with van der Waals surface area (Å²) in [6, 6.07) is 0. The Morgan fingerprint density at radius 2 is 1.40 bits per heavy atom. The van der Waals surface area contributed by atoms with Gasteiger partial charge in [-0.2, -0.15) is 0 Å². The number of unbranched alkanes of at least 4 members (excludes halogenated alkanes) is 7. The van der Waals surface area contributed by atoms with E-state index in [1.54, 1.807) is 0 Å². The van der Waals surface area contributed by atoms with Crippen LogP contribution in [0.4, 0.5) is 0 Å². The van der Waals surface area contributed by atoms with Crippen LogP contribution >= 0.6 is 0 Å². The summed E-state index contributed by atoms with van der Waals surface area (Å²) in [7, 11) is 0. The highest BCUT2D eigenvalue weighted by molar-refractivity contribution is 4.50. The fourth-order valence-electron chi connectivity index (χ4n) is 1.78. The summed E-state index contributed by atoms with van der Waals surface area (Å²) in [6.07, 6.45) is 11.8. The summed E-state index contributed by atoms with van der Waals surface area (Å²) in [6.45, 7) is 4.99. The Labute approximate surface area is 95.6 Å². The van der Waals surface area contributed by atoms with Crippen LogP contribution in [0.5, 0.6) is 0 Å². The Morgan fingerprint density at radius 1 is 0.867 bits per heavy atom. The molecule has 0 heterocycles. The summed E-state index contributed by atoms with van der Waals surface area (Å²) in [5.74, 6) is 0. The van der Waals surface area contributed by atoms with Crippen molar-refractivity contribution in [3.63, 3.8) is 0 Å². The van der Waals surface area contributed by atoms with Crippen LogP contribution in [0.25, 0.3) is 0 Å². The number of hydrogen-bond acceptors (Lipinski definition) is 2. The zero-order chi connectivity index (χ0) is 11.4. The van der Waals surface area contributed by atoms with Gasteiger partial charge in [-0.05, 0) is 19.8 Å². The van der Waals surface area contributed by atoms with Gasteiger partial charge in [0.15, 0.2) is 0 Å². The van der Waals surface area contributed by atoms with Crippen LogP contribution < -0.4 is 5.73 Å². The molecule has 0 aliphatic heterocycles. The summed E-state index contributed by atoms with van der Waals surface area (Å²) in [4.78, 5) is 0. The second-order valence-corrected chi connectivity index (χ2v) is 4.26. The lowest BCUT2D eigenvalue weighted by atomic mass is 10.1. The van der Waals surface area contributed by atoms with Gasteiger partial charge in [-0.15, -0.1) is 0 Å². The van der Waals surface area contributed by atoms with E-state index in [1.165, 1.54) is 51.4 Å². The number of hydrogen-bond donors (Lipinski definition) is 1. The highest BCUT2D eigenvalue weighted by Crippen LogP contribution is 2.10. The van der Waals surface area contributed by atoms with Gasteiger partial charge in [0, 0.05) is 6.61 Å². The zero-order valence-corrected chi connectivity index (χ0v) is 10.6. The van der Waals surface area contributed by atoms with Crippen LogP contribution in [0.1, 0.15) is 71.6 Å². The van der Waals surface area contributed by atoms with Gasteiger partial charge in [-0.25, -0.2) is 0 Å². The van der Waals surface area contributed by atoms with Crippen LogP contribution in [0.2, 0.25) is 0 Å². The smallest absolute Gasteiger partial charge is 0.105 e. The lowest BCUT2D eigenvalue weighted by molar-refractivity contribution is 0.0597. The van der Waals surface area contributed by atoms with E-state index in [-0.39, 0.29) is 6.23 Å². The van der Waals surface area contributed by atoms with Gasteiger partial charge in [0.2, 0.25) is 0 Å². The standard InChI is InChI=1S/C13H29NO/c1-3-5-6-7-8-9-10-11-12-13(14)15-4-2/h13H,3-12,14H2,1-2H3. The van der Waals surface area contributed by atoms with Crippen molar-refractivity contribution in [2.75, 3.05) is 6.61 Å². The molecule has 0 aromatic rings. The Hall–Kier alpha value is -0.0800. The predicted octanol–water partition coefficient (Wildman–Crippen LogP) is 3.84. The fourth-order valence-corrected chi connectivity index (χ4v) is 1.78. The molecule has 2 N–H and O–H groups in total. The summed E-state index contributed by atoms with van der Waals surface area (Å²) in [5.41, 5.74) is 5.74. The quantitative estimate of drug-likeness (QED) is 0.420. The SMILES string of the molecule is CCCCCCCCCCC(N)OCC. The molecule has 0 saturated heterocycles. The molecule has 0 spiro atoms. The molecule has 0 amide bonds. The van der Waals surface area contributed by atoms with Gasteiger partial charge in [-0.3, -0.25) is 0 Å². The average molecular weight is 215 g/mol. The first-order valence-corrected chi connectivity index (χ1v) is 6.68. The predicted molar refractivity (Wildman–Crippen MR) is 66.8 cm³/mol. The molecule has 1 unspecified atom stereocenters. The second kappa shape index (κ2) is 12.0. The van der Waals surface area contributed by atoms with Crippen molar-refractivity contribution in [3.8, 4) is 0 Å². The largest absolute Gasteiger partial charge is 0.364 e. The number of ether oxygens (including phenoxy) is 1. The van der Waals surface area contributed by atoms with Crippen molar-refractivity contribution in [1.29, 1.82) is 0 Å². The molecular formula is C13H29NO. The first-order valence-electron chi connectivity index (χ1n) is 6.68. The van der Waals surface area contributed by atoms with Crippen molar-refractivity contribution >= 4 is 0 Å². The van der Waals surface area contributed by atoms with Crippen molar-refractivity contribution in [1.82, 2.24) is 0 Å². The Bertz CT molecular complexity index is 117. The molecular weight excluding hydrogens is 186 g/mol. The molecule has 0 aliphatic carbocycles. The first-order chi connectivity index (χ1) is 7.31. The monoisotopic (exact) mass is 215 g/mol. The topological polar surface area (TPSA) is 35.2 Å². The minimum Gasteiger partial charge on any atom is -0.364 e. The van der Waals surface area contributed by atoms with E-state index < -0.39 is 0 Å². The fraction of sp³-hybridized carbons (Fsp3) is 1.00. The maximum Gasteiger partial charge on any atom is 0.105 e. The van der Waals surface area contributed by atoms with Gasteiger partial charge in [0.1, 0.15) is 6.23 Å². The molecule has 0 radical (unpaired) electrons. The second-order valence-electron chi connectivity index (χ2n) is 4.26. The molecule has 0 rings (SSSR count). The van der Waals surface area contributed by atoms with E-state index in [4.69, 9.17) is 10.5 Å². The average Bonchev–Trinajstić information content (AvgIpc) is 2.22. The van der Waals surface area contributed by atoms with E-state index in [2.05, 4.69) is 6.92 Å². The minimum absolute atomic E-state index is 0.0323. The van der Waals surface area contributed by atoms with Crippen molar-refractivity contribution in [2.24, 2.45) is 5.73 Å². The van der Waals surface area contributed by atoms with Gasteiger partial charge in [0.25, 0.3) is 0 Å². The van der Waals surface area contributed by atoms with Crippen molar-refractivity contribution < 1.29 is 4.74 Å². The zero-order valence-electron chi connectivity index (χ0n) is 10.6. The molecule has 2 nitrogen and oxygen atoms in total. The molecule has 0 aromatic carbocycles. The molecule has 0 aliphatic rings. The lowest BCUT2D eigenvalue weighted by Gasteiger charge is -2.10.